The Morgan fingerprint density at radius 3 is 2.62 bits per heavy atom. The van der Waals surface area contributed by atoms with Crippen molar-refractivity contribution in [2.45, 2.75) is 49.0 Å². The van der Waals surface area contributed by atoms with Crippen LogP contribution in [-0.2, 0) is 14.8 Å². The number of hydrogen-bond acceptors (Lipinski definition) is 5. The Hall–Kier alpha value is -1.09. The first-order valence-electron chi connectivity index (χ1n) is 8.93. The Labute approximate surface area is 160 Å². The van der Waals surface area contributed by atoms with Crippen LogP contribution in [0.25, 0.3) is 0 Å². The minimum atomic E-state index is -3.65. The fourth-order valence-corrected chi connectivity index (χ4v) is 4.46. The van der Waals surface area contributed by atoms with E-state index in [1.807, 2.05) is 20.1 Å². The van der Waals surface area contributed by atoms with E-state index in [-0.39, 0.29) is 16.9 Å². The number of hydrogen-bond donors (Lipinski definition) is 1. The molecule has 1 saturated heterocycles. The summed E-state index contributed by atoms with van der Waals surface area (Å²) in [6.45, 7) is 6.15. The second-order valence-corrected chi connectivity index (χ2v) is 9.15. The number of nitrogens with one attached hydrogen (secondary N) is 1. The van der Waals surface area contributed by atoms with E-state index >= 15 is 0 Å². The lowest BCUT2D eigenvalue weighted by molar-refractivity contribution is 0.0777. The van der Waals surface area contributed by atoms with Gasteiger partial charge in [-0.2, -0.15) is 0 Å². The van der Waals surface area contributed by atoms with Gasteiger partial charge in [0.05, 0.1) is 16.6 Å². The normalized spacial score (nSPS) is 15.0. The number of ether oxygens (including phenoxy) is 1. The molecule has 0 unspecified atom stereocenters. The van der Waals surface area contributed by atoms with Crippen molar-refractivity contribution in [3.05, 3.63) is 23.8 Å². The Morgan fingerprint density at radius 2 is 2.00 bits per heavy atom. The predicted octanol–water partition coefficient (Wildman–Crippen LogP) is 2.74. The van der Waals surface area contributed by atoms with Gasteiger partial charge in [-0.15, -0.1) is 11.8 Å². The first kappa shape index (κ1) is 21.2. The van der Waals surface area contributed by atoms with Crippen molar-refractivity contribution >= 4 is 27.7 Å². The zero-order valence-electron chi connectivity index (χ0n) is 15.7. The quantitative estimate of drug-likeness (QED) is 0.509. The zero-order valence-corrected chi connectivity index (χ0v) is 17.3. The van der Waals surface area contributed by atoms with Gasteiger partial charge in [0.25, 0.3) is 5.91 Å². The monoisotopic (exact) mass is 400 g/mol. The highest BCUT2D eigenvalue weighted by atomic mass is 32.2. The number of nitrogens with zero attached hydrogens (tertiary/aromatic N) is 1. The van der Waals surface area contributed by atoms with Crippen LogP contribution in [0, 0.1) is 0 Å². The molecule has 1 fully saturated rings. The Morgan fingerprint density at radius 1 is 1.31 bits per heavy atom. The van der Waals surface area contributed by atoms with Crippen molar-refractivity contribution in [3.8, 4) is 0 Å². The van der Waals surface area contributed by atoms with Gasteiger partial charge in [-0.1, -0.05) is 0 Å². The van der Waals surface area contributed by atoms with Crippen LogP contribution in [0.5, 0.6) is 0 Å². The van der Waals surface area contributed by atoms with Gasteiger partial charge in [0.1, 0.15) is 0 Å². The summed E-state index contributed by atoms with van der Waals surface area (Å²) < 4.78 is 33.1. The molecule has 1 aromatic carbocycles. The summed E-state index contributed by atoms with van der Waals surface area (Å²) in [6.07, 6.45) is 4.61. The summed E-state index contributed by atoms with van der Waals surface area (Å²) in [7, 11) is -3.65. The fraction of sp³-hybridized carbons (Fsp3) is 0.611. The lowest BCUT2D eigenvalue weighted by Gasteiger charge is -2.18. The average molecular weight is 401 g/mol. The third kappa shape index (κ3) is 5.70. The molecule has 0 bridgehead atoms. The van der Waals surface area contributed by atoms with Crippen LogP contribution < -0.4 is 4.72 Å². The van der Waals surface area contributed by atoms with Crippen LogP contribution >= 0.6 is 11.8 Å². The molecule has 8 heteroatoms. The summed E-state index contributed by atoms with van der Waals surface area (Å²) in [5, 5.41) is 0. The second kappa shape index (κ2) is 9.73. The minimum absolute atomic E-state index is 0.0887. The lowest BCUT2D eigenvalue weighted by Crippen LogP contribution is -2.29. The molecule has 0 saturated carbocycles. The van der Waals surface area contributed by atoms with Crippen molar-refractivity contribution in [2.75, 3.05) is 32.5 Å². The van der Waals surface area contributed by atoms with Crippen molar-refractivity contribution in [1.29, 1.82) is 0 Å². The molecule has 2 rings (SSSR count). The highest BCUT2D eigenvalue weighted by Crippen LogP contribution is 2.26. The first-order chi connectivity index (χ1) is 12.3. The Bertz CT molecular complexity index is 714. The van der Waals surface area contributed by atoms with E-state index in [9.17, 15) is 13.2 Å². The molecular weight excluding hydrogens is 372 g/mol. The molecule has 1 aromatic rings. The Kier molecular flexibility index (Phi) is 7.94. The van der Waals surface area contributed by atoms with E-state index < -0.39 is 10.0 Å². The number of sulfonamides is 1. The third-order valence-electron chi connectivity index (χ3n) is 4.17. The number of thioether (sulfide) groups is 1. The van der Waals surface area contributed by atoms with Crippen LogP contribution in [-0.4, -0.2) is 57.8 Å². The third-order valence-corrected chi connectivity index (χ3v) is 6.42. The summed E-state index contributed by atoms with van der Waals surface area (Å²) in [4.78, 5) is 15.5. The first-order valence-corrected chi connectivity index (χ1v) is 11.6. The standard InChI is InChI=1S/C18H28N2O4S2/c1-14(2)24-12-6-9-19-26(22,23)15-7-8-17(25-3)16(13-15)18(21)20-10-4-5-11-20/h7-8,13-14,19H,4-6,9-12H2,1-3H3. The molecule has 0 atom stereocenters. The molecular formula is C18H28N2O4S2. The molecule has 146 valence electrons. The highest BCUT2D eigenvalue weighted by Gasteiger charge is 2.24. The van der Waals surface area contributed by atoms with E-state index in [2.05, 4.69) is 4.72 Å². The fourth-order valence-electron chi connectivity index (χ4n) is 2.79. The maximum atomic E-state index is 12.7. The number of carbonyl (C=O) groups excluding carboxylic acids is 1. The summed E-state index contributed by atoms with van der Waals surface area (Å²) >= 11 is 1.45. The van der Waals surface area contributed by atoms with Crippen LogP contribution in [0.4, 0.5) is 0 Å². The number of amides is 1. The number of carbonyl (C=O) groups is 1. The van der Waals surface area contributed by atoms with Crippen molar-refractivity contribution in [2.24, 2.45) is 0 Å². The Balaban J connectivity index is 2.10. The molecule has 6 nitrogen and oxygen atoms in total. The predicted molar refractivity (Wildman–Crippen MR) is 104 cm³/mol. The largest absolute Gasteiger partial charge is 0.379 e. The van der Waals surface area contributed by atoms with Gasteiger partial charge < -0.3 is 9.64 Å². The van der Waals surface area contributed by atoms with E-state index in [0.29, 0.717) is 25.1 Å². The van der Waals surface area contributed by atoms with Gasteiger partial charge in [-0.3, -0.25) is 4.79 Å². The summed E-state index contributed by atoms with van der Waals surface area (Å²) in [5.74, 6) is -0.0887. The van der Waals surface area contributed by atoms with Gasteiger partial charge in [0, 0.05) is 31.1 Å². The zero-order chi connectivity index (χ0) is 19.2. The SMILES string of the molecule is CSc1ccc(S(=O)(=O)NCCCOC(C)C)cc1C(=O)N1CCCC1. The number of benzene rings is 1. The minimum Gasteiger partial charge on any atom is -0.379 e. The molecule has 1 heterocycles. The van der Waals surface area contributed by atoms with Crippen molar-refractivity contribution in [3.63, 3.8) is 0 Å². The van der Waals surface area contributed by atoms with E-state index in [1.54, 1.807) is 17.0 Å². The summed E-state index contributed by atoms with van der Waals surface area (Å²) in [5.41, 5.74) is 0.463. The van der Waals surface area contributed by atoms with Gasteiger partial charge >= 0.3 is 0 Å². The summed E-state index contributed by atoms with van der Waals surface area (Å²) in [6, 6.07) is 4.77. The van der Waals surface area contributed by atoms with Gasteiger partial charge in [-0.25, -0.2) is 13.1 Å². The highest BCUT2D eigenvalue weighted by molar-refractivity contribution is 7.98. The van der Waals surface area contributed by atoms with Gasteiger partial charge in [-0.05, 0) is 57.6 Å². The number of rotatable bonds is 9. The average Bonchev–Trinajstić information content (AvgIpc) is 3.14. The molecule has 1 N–H and O–H groups in total. The van der Waals surface area contributed by atoms with E-state index in [0.717, 1.165) is 30.8 Å². The molecule has 26 heavy (non-hydrogen) atoms. The maximum absolute atomic E-state index is 12.7. The molecule has 0 spiro atoms. The topological polar surface area (TPSA) is 75.7 Å². The molecule has 0 aliphatic carbocycles. The smallest absolute Gasteiger partial charge is 0.255 e. The van der Waals surface area contributed by atoms with Gasteiger partial charge in [0.2, 0.25) is 10.0 Å². The van der Waals surface area contributed by atoms with Crippen LogP contribution in [0.15, 0.2) is 28.0 Å². The maximum Gasteiger partial charge on any atom is 0.255 e. The van der Waals surface area contributed by atoms with Crippen LogP contribution in [0.1, 0.15) is 43.5 Å². The number of likely N-dealkylation sites (tertiary alicyclic amines) is 1. The lowest BCUT2D eigenvalue weighted by atomic mass is 10.2. The molecule has 0 aromatic heterocycles. The second-order valence-electron chi connectivity index (χ2n) is 6.53. The van der Waals surface area contributed by atoms with Crippen LogP contribution in [0.3, 0.4) is 0 Å². The molecule has 1 aliphatic heterocycles. The van der Waals surface area contributed by atoms with Crippen molar-refractivity contribution in [1.82, 2.24) is 9.62 Å². The molecule has 1 amide bonds. The molecule has 0 radical (unpaired) electrons. The van der Waals surface area contributed by atoms with E-state index in [1.165, 1.54) is 17.8 Å². The molecule has 1 aliphatic rings. The van der Waals surface area contributed by atoms with Gasteiger partial charge in [0.15, 0.2) is 0 Å². The van der Waals surface area contributed by atoms with Crippen LogP contribution in [0.2, 0.25) is 0 Å². The van der Waals surface area contributed by atoms with E-state index in [4.69, 9.17) is 4.74 Å². The van der Waals surface area contributed by atoms with Crippen molar-refractivity contribution < 1.29 is 17.9 Å².